The Morgan fingerprint density at radius 3 is 2.10 bits per heavy atom. The van der Waals surface area contributed by atoms with Crippen molar-refractivity contribution in [2.75, 3.05) is 10.2 Å². The monoisotopic (exact) mass is 392 g/mol. The highest BCUT2D eigenvalue weighted by Gasteiger charge is 2.15. The van der Waals surface area contributed by atoms with E-state index in [9.17, 15) is 4.79 Å². The van der Waals surface area contributed by atoms with Crippen LogP contribution >= 0.6 is 0 Å². The molecule has 1 amide bonds. The van der Waals surface area contributed by atoms with Crippen LogP contribution in [0.4, 0.5) is 23.0 Å². The standard InChI is InChI=1S/C23H16N6O/c24-16-17-2-4-18(5-3-17)22(30)28-19-6-8-20(9-7-19)29(21-10-14-25-15-11-21)23-26-12-1-13-27-23/h1-15H,(H,28,30). The molecule has 0 aliphatic heterocycles. The van der Waals surface area contributed by atoms with Crippen molar-refractivity contribution in [2.45, 2.75) is 0 Å². The summed E-state index contributed by atoms with van der Waals surface area (Å²) in [6, 6.07) is 21.4. The second-order valence-corrected chi connectivity index (χ2v) is 6.28. The minimum Gasteiger partial charge on any atom is -0.322 e. The lowest BCUT2D eigenvalue weighted by molar-refractivity contribution is 0.102. The Morgan fingerprint density at radius 2 is 1.47 bits per heavy atom. The Hall–Kier alpha value is -4.57. The smallest absolute Gasteiger partial charge is 0.255 e. The lowest BCUT2D eigenvalue weighted by Crippen LogP contribution is -2.14. The van der Waals surface area contributed by atoms with Crippen molar-refractivity contribution in [3.63, 3.8) is 0 Å². The zero-order chi connectivity index (χ0) is 20.8. The van der Waals surface area contributed by atoms with Crippen LogP contribution in [0.2, 0.25) is 0 Å². The van der Waals surface area contributed by atoms with E-state index in [1.54, 1.807) is 55.1 Å². The van der Waals surface area contributed by atoms with E-state index in [4.69, 9.17) is 5.26 Å². The van der Waals surface area contributed by atoms with Crippen LogP contribution in [0, 0.1) is 11.3 Å². The third-order valence-corrected chi connectivity index (χ3v) is 4.33. The van der Waals surface area contributed by atoms with Gasteiger partial charge in [0.2, 0.25) is 5.95 Å². The molecular weight excluding hydrogens is 376 g/mol. The molecule has 0 fully saturated rings. The number of carbonyl (C=O) groups excluding carboxylic acids is 1. The van der Waals surface area contributed by atoms with Crippen molar-refractivity contribution in [3.8, 4) is 6.07 Å². The highest BCUT2D eigenvalue weighted by molar-refractivity contribution is 6.04. The van der Waals surface area contributed by atoms with E-state index in [1.165, 1.54) is 0 Å². The summed E-state index contributed by atoms with van der Waals surface area (Å²) in [5, 5.41) is 11.7. The van der Waals surface area contributed by atoms with Gasteiger partial charge in [-0.15, -0.1) is 0 Å². The third-order valence-electron chi connectivity index (χ3n) is 4.33. The summed E-state index contributed by atoms with van der Waals surface area (Å²) in [7, 11) is 0. The number of rotatable bonds is 5. The number of nitrogens with one attached hydrogen (secondary N) is 1. The minimum absolute atomic E-state index is 0.246. The summed E-state index contributed by atoms with van der Waals surface area (Å²) in [5.41, 5.74) is 3.34. The molecule has 0 unspecified atom stereocenters. The van der Waals surface area contributed by atoms with E-state index in [0.717, 1.165) is 11.4 Å². The molecule has 1 N–H and O–H groups in total. The molecular formula is C23H16N6O. The summed E-state index contributed by atoms with van der Waals surface area (Å²) < 4.78 is 0. The number of nitrogens with zero attached hydrogens (tertiary/aromatic N) is 5. The van der Waals surface area contributed by atoms with Crippen LogP contribution in [0.1, 0.15) is 15.9 Å². The topological polar surface area (TPSA) is 94.8 Å². The number of anilines is 4. The van der Waals surface area contributed by atoms with Crippen molar-refractivity contribution >= 4 is 28.9 Å². The molecule has 4 aromatic rings. The van der Waals surface area contributed by atoms with Crippen molar-refractivity contribution < 1.29 is 4.79 Å². The van der Waals surface area contributed by atoms with Gasteiger partial charge in [-0.1, -0.05) is 0 Å². The van der Waals surface area contributed by atoms with E-state index in [0.29, 0.717) is 22.8 Å². The van der Waals surface area contributed by atoms with Gasteiger partial charge in [0.05, 0.1) is 17.3 Å². The van der Waals surface area contributed by atoms with Crippen LogP contribution in [0.15, 0.2) is 91.5 Å². The first-order chi connectivity index (χ1) is 14.7. The maximum atomic E-state index is 12.4. The van der Waals surface area contributed by atoms with E-state index in [1.807, 2.05) is 47.4 Å². The average Bonchev–Trinajstić information content (AvgIpc) is 2.82. The molecule has 0 saturated carbocycles. The van der Waals surface area contributed by atoms with Gasteiger partial charge in [-0.2, -0.15) is 5.26 Å². The maximum absolute atomic E-state index is 12.4. The van der Waals surface area contributed by atoms with Crippen molar-refractivity contribution in [1.29, 1.82) is 5.26 Å². The van der Waals surface area contributed by atoms with Gasteiger partial charge < -0.3 is 5.32 Å². The average molecular weight is 392 g/mol. The zero-order valence-electron chi connectivity index (χ0n) is 15.8. The molecule has 2 aromatic heterocycles. The second-order valence-electron chi connectivity index (χ2n) is 6.28. The van der Waals surface area contributed by atoms with Gasteiger partial charge in [-0.3, -0.25) is 14.7 Å². The quantitative estimate of drug-likeness (QED) is 0.539. The van der Waals surface area contributed by atoms with Gasteiger partial charge in [0.15, 0.2) is 0 Å². The number of hydrogen-bond donors (Lipinski definition) is 1. The van der Waals surface area contributed by atoms with Crippen LogP contribution in [-0.4, -0.2) is 20.9 Å². The highest BCUT2D eigenvalue weighted by atomic mass is 16.1. The van der Waals surface area contributed by atoms with Crippen molar-refractivity contribution in [1.82, 2.24) is 15.0 Å². The Bertz CT molecular complexity index is 1130. The fourth-order valence-electron chi connectivity index (χ4n) is 2.87. The zero-order valence-corrected chi connectivity index (χ0v) is 15.8. The minimum atomic E-state index is -0.246. The first kappa shape index (κ1) is 18.8. The Labute approximate surface area is 173 Å². The SMILES string of the molecule is N#Cc1ccc(C(=O)Nc2ccc(N(c3ccncc3)c3ncccn3)cc2)cc1. The molecule has 0 atom stereocenters. The molecule has 0 radical (unpaired) electrons. The predicted octanol–water partition coefficient (Wildman–Crippen LogP) is 4.47. The molecule has 144 valence electrons. The molecule has 4 rings (SSSR count). The Morgan fingerprint density at radius 1 is 0.833 bits per heavy atom. The summed E-state index contributed by atoms with van der Waals surface area (Å²) >= 11 is 0. The number of benzene rings is 2. The van der Waals surface area contributed by atoms with Crippen LogP contribution in [0.3, 0.4) is 0 Å². The molecule has 0 spiro atoms. The number of amides is 1. The fraction of sp³-hybridized carbons (Fsp3) is 0. The second kappa shape index (κ2) is 8.63. The van der Waals surface area contributed by atoms with Gasteiger partial charge >= 0.3 is 0 Å². The summed E-state index contributed by atoms with van der Waals surface area (Å²) in [6.07, 6.45) is 6.78. The molecule has 7 heteroatoms. The largest absolute Gasteiger partial charge is 0.322 e. The van der Waals surface area contributed by atoms with E-state index >= 15 is 0 Å². The van der Waals surface area contributed by atoms with Crippen LogP contribution in [-0.2, 0) is 0 Å². The number of nitriles is 1. The van der Waals surface area contributed by atoms with Gasteiger partial charge in [0, 0.05) is 41.7 Å². The predicted molar refractivity (Wildman–Crippen MR) is 114 cm³/mol. The first-order valence-corrected chi connectivity index (χ1v) is 9.13. The summed E-state index contributed by atoms with van der Waals surface area (Å²) in [5.74, 6) is 0.280. The molecule has 0 aliphatic rings. The molecule has 0 aliphatic carbocycles. The molecule has 0 bridgehead atoms. The van der Waals surface area contributed by atoms with Crippen LogP contribution < -0.4 is 10.2 Å². The molecule has 30 heavy (non-hydrogen) atoms. The van der Waals surface area contributed by atoms with Crippen LogP contribution in [0.25, 0.3) is 0 Å². The fourth-order valence-corrected chi connectivity index (χ4v) is 2.87. The van der Waals surface area contributed by atoms with E-state index in [-0.39, 0.29) is 5.91 Å². The number of hydrogen-bond acceptors (Lipinski definition) is 6. The number of aromatic nitrogens is 3. The molecule has 7 nitrogen and oxygen atoms in total. The molecule has 2 heterocycles. The van der Waals surface area contributed by atoms with E-state index < -0.39 is 0 Å². The lowest BCUT2D eigenvalue weighted by atomic mass is 10.1. The maximum Gasteiger partial charge on any atom is 0.255 e. The number of carbonyl (C=O) groups is 1. The van der Waals surface area contributed by atoms with Gasteiger partial charge in [0.25, 0.3) is 5.91 Å². The van der Waals surface area contributed by atoms with Crippen LogP contribution in [0.5, 0.6) is 0 Å². The summed E-state index contributed by atoms with van der Waals surface area (Å²) in [6.45, 7) is 0. The normalized spacial score (nSPS) is 10.1. The van der Waals surface area contributed by atoms with Crippen molar-refractivity contribution in [2.24, 2.45) is 0 Å². The lowest BCUT2D eigenvalue weighted by Gasteiger charge is -2.22. The van der Waals surface area contributed by atoms with Gasteiger partial charge in [0.1, 0.15) is 0 Å². The first-order valence-electron chi connectivity index (χ1n) is 9.13. The van der Waals surface area contributed by atoms with Gasteiger partial charge in [-0.05, 0) is 66.7 Å². The summed E-state index contributed by atoms with van der Waals surface area (Å²) in [4.78, 5) is 27.1. The van der Waals surface area contributed by atoms with E-state index in [2.05, 4.69) is 20.3 Å². The molecule has 0 saturated heterocycles. The molecule has 2 aromatic carbocycles. The number of pyridine rings is 1. The van der Waals surface area contributed by atoms with Crippen molar-refractivity contribution in [3.05, 3.63) is 103 Å². The van der Waals surface area contributed by atoms with Gasteiger partial charge in [-0.25, -0.2) is 9.97 Å². The Balaban J connectivity index is 1.58. The third kappa shape index (κ3) is 4.13. The highest BCUT2D eigenvalue weighted by Crippen LogP contribution is 2.31. The Kier molecular flexibility index (Phi) is 5.40.